The number of carbonyl (C=O) groups is 3. The number of carbonyl (C=O) groups excluding carboxylic acids is 3. The van der Waals surface area contributed by atoms with E-state index in [4.69, 9.17) is 23.4 Å². The number of benzene rings is 4. The smallest absolute Gasteiger partial charge is 0.410 e. The van der Waals surface area contributed by atoms with E-state index in [-0.39, 0.29) is 52.9 Å². The first-order valence-corrected chi connectivity index (χ1v) is 28.1. The molecular weight excluding hydrogens is 931 g/mol. The van der Waals surface area contributed by atoms with E-state index in [2.05, 4.69) is 54.8 Å². The van der Waals surface area contributed by atoms with Gasteiger partial charge in [0.25, 0.3) is 5.91 Å². The molecule has 7 rings (SSSR count). The number of hydrogen-bond donors (Lipinski definition) is 5. The molecule has 2 bridgehead atoms. The van der Waals surface area contributed by atoms with E-state index >= 15 is 0 Å². The normalized spacial score (nSPS) is 17.9. The molecular formula is C56H73N5O10Si. The lowest BCUT2D eigenvalue weighted by atomic mass is 9.85. The number of amides is 3. The summed E-state index contributed by atoms with van der Waals surface area (Å²) in [5.41, 5.74) is 3.57. The van der Waals surface area contributed by atoms with Crippen LogP contribution in [-0.2, 0) is 25.2 Å². The largest absolute Gasteiger partial charge is 0.506 e. The highest BCUT2D eigenvalue weighted by molar-refractivity contribution is 6.74. The summed E-state index contributed by atoms with van der Waals surface area (Å²) in [5.74, 6) is 0.132. The van der Waals surface area contributed by atoms with Crippen molar-refractivity contribution >= 4 is 37.3 Å². The molecule has 2 aliphatic rings. The molecule has 0 saturated carbocycles. The van der Waals surface area contributed by atoms with Crippen molar-refractivity contribution in [2.75, 3.05) is 45.9 Å². The predicted molar refractivity (Wildman–Crippen MR) is 281 cm³/mol. The van der Waals surface area contributed by atoms with Gasteiger partial charge in [0.05, 0.1) is 30.9 Å². The number of aromatic amines is 1. The molecule has 3 unspecified atom stereocenters. The third-order valence-corrected chi connectivity index (χ3v) is 18.2. The lowest BCUT2D eigenvalue weighted by Crippen LogP contribution is -2.59. The molecule has 3 amide bonds. The van der Waals surface area contributed by atoms with Crippen molar-refractivity contribution in [3.05, 3.63) is 141 Å². The van der Waals surface area contributed by atoms with Crippen LogP contribution in [-0.4, -0.2) is 99.0 Å². The maximum Gasteiger partial charge on any atom is 0.410 e. The van der Waals surface area contributed by atoms with Gasteiger partial charge >= 0.3 is 12.2 Å². The van der Waals surface area contributed by atoms with Gasteiger partial charge in [0.15, 0.2) is 8.32 Å². The number of phenolic OH excluding ortho intramolecular Hbond substituents is 1. The zero-order valence-corrected chi connectivity index (χ0v) is 44.0. The SMILES string of the molecule is CC(C)(C)OC(=O)N1CC2COCC(C1)C2OC(=O)NC(c1ccccc1)c1cccc(OCc2ccc(C(=O)NCCCCCNC[C@H](O[Si](C)(C)C(C)(C)C)c3ccc(O)c4[nH]c(=O)ccc34)cc2)c1. The lowest BCUT2D eigenvalue weighted by molar-refractivity contribution is -0.124. The second-order valence-corrected chi connectivity index (χ2v) is 26.3. The molecule has 2 aliphatic heterocycles. The molecule has 0 aliphatic carbocycles. The van der Waals surface area contributed by atoms with Gasteiger partial charge in [-0.05, 0) is 117 Å². The van der Waals surface area contributed by atoms with Gasteiger partial charge in [-0.3, -0.25) is 9.59 Å². The fourth-order valence-electron chi connectivity index (χ4n) is 8.93. The second kappa shape index (κ2) is 23.6. The fourth-order valence-corrected chi connectivity index (χ4v) is 10.2. The first-order valence-electron chi connectivity index (χ1n) is 25.2. The summed E-state index contributed by atoms with van der Waals surface area (Å²) >= 11 is 0. The van der Waals surface area contributed by atoms with Gasteiger partial charge in [-0.1, -0.05) is 87.9 Å². The third kappa shape index (κ3) is 14.3. The number of hydrogen-bond acceptors (Lipinski definition) is 11. The number of pyridine rings is 1. The molecule has 4 aromatic carbocycles. The van der Waals surface area contributed by atoms with Gasteiger partial charge in [-0.15, -0.1) is 0 Å². The number of alkyl carbamates (subject to hydrolysis) is 1. The highest BCUT2D eigenvalue weighted by Gasteiger charge is 2.45. The summed E-state index contributed by atoms with van der Waals surface area (Å²) in [6.07, 6.45) is 1.02. The van der Waals surface area contributed by atoms with Crippen molar-refractivity contribution < 1.29 is 42.9 Å². The van der Waals surface area contributed by atoms with Gasteiger partial charge in [-0.2, -0.15) is 0 Å². The maximum atomic E-state index is 13.7. The maximum absolute atomic E-state index is 13.7. The monoisotopic (exact) mass is 1000 g/mol. The van der Waals surface area contributed by atoms with Crippen LogP contribution in [0.4, 0.5) is 9.59 Å². The van der Waals surface area contributed by atoms with Crippen LogP contribution in [0.5, 0.6) is 11.5 Å². The van der Waals surface area contributed by atoms with Crippen LogP contribution in [0.25, 0.3) is 10.9 Å². The molecule has 0 spiro atoms. The number of fused-ring (bicyclic) bond motifs is 3. The van der Waals surface area contributed by atoms with Crippen molar-refractivity contribution in [3.63, 3.8) is 0 Å². The van der Waals surface area contributed by atoms with E-state index in [1.54, 1.807) is 29.2 Å². The molecule has 2 fully saturated rings. The fraction of sp³-hybridized carbons (Fsp3) is 0.464. The zero-order chi connectivity index (χ0) is 51.6. The quantitative estimate of drug-likeness (QED) is 0.0391. The minimum atomic E-state index is -2.19. The molecule has 0 radical (unpaired) electrons. The molecule has 72 heavy (non-hydrogen) atoms. The molecule has 1 aromatic heterocycles. The van der Waals surface area contributed by atoms with Crippen LogP contribution in [0, 0.1) is 11.8 Å². The average molecular weight is 1000 g/mol. The Morgan fingerprint density at radius 3 is 2.22 bits per heavy atom. The Morgan fingerprint density at radius 1 is 0.833 bits per heavy atom. The van der Waals surface area contributed by atoms with Crippen molar-refractivity contribution in [1.82, 2.24) is 25.8 Å². The number of unbranched alkanes of at least 4 members (excludes halogenated alkanes) is 2. The summed E-state index contributed by atoms with van der Waals surface area (Å²) in [7, 11) is -2.19. The molecule has 386 valence electrons. The minimum absolute atomic E-state index is 0.0122. The van der Waals surface area contributed by atoms with E-state index in [1.165, 1.54) is 6.07 Å². The van der Waals surface area contributed by atoms with E-state index in [0.29, 0.717) is 56.2 Å². The number of ether oxygens (including phenoxy) is 4. The standard InChI is InChI=1S/C56H73N5O10Si/c1-55(2,3)70-54(66)61-32-41-35-67-36-42(33-61)51(41)69-53(65)60-49(38-16-11-9-12-17-38)40-18-15-19-43(30-40)68-34-37-20-22-39(23-21-37)52(64)58-29-14-10-13-28-57-31-47(71-72(7,8)56(4,5)6)44-24-26-46(62)50-45(44)25-27-48(63)59-50/h9,11-12,15-27,30,41-42,47,49,51,57,62H,10,13-14,28-29,31-36H2,1-8H3,(H,58,64)(H,59,63)(H,60,65)/t41?,42?,47-,49?,51?/m0/s1. The first-order chi connectivity index (χ1) is 34.2. The Hall–Kier alpha value is -6.20. The average Bonchev–Trinajstić information content (AvgIpc) is 3.32. The predicted octanol–water partition coefficient (Wildman–Crippen LogP) is 9.76. The number of aromatic nitrogens is 1. The number of nitrogens with one attached hydrogen (secondary N) is 4. The number of phenols is 1. The van der Waals surface area contributed by atoms with Gasteiger partial charge in [0.2, 0.25) is 5.56 Å². The molecule has 5 aromatic rings. The Balaban J connectivity index is 0.862. The summed E-state index contributed by atoms with van der Waals surface area (Å²) in [5, 5.41) is 21.0. The number of likely N-dealkylation sites (tertiary alicyclic amines) is 1. The van der Waals surface area contributed by atoms with Gasteiger partial charge in [0.1, 0.15) is 29.8 Å². The number of aromatic hydroxyl groups is 1. The second-order valence-electron chi connectivity index (χ2n) is 21.5. The van der Waals surface area contributed by atoms with Crippen LogP contribution in [0.15, 0.2) is 108 Å². The highest BCUT2D eigenvalue weighted by atomic mass is 28.4. The summed E-state index contributed by atoms with van der Waals surface area (Å²) in [4.78, 5) is 56.2. The molecule has 5 N–H and O–H groups in total. The van der Waals surface area contributed by atoms with Crippen LogP contribution in [0.1, 0.15) is 106 Å². The van der Waals surface area contributed by atoms with Gasteiger partial charge in [0, 0.05) is 55.0 Å². The van der Waals surface area contributed by atoms with Crippen LogP contribution < -0.4 is 26.2 Å². The number of piperidine rings is 1. The van der Waals surface area contributed by atoms with Crippen molar-refractivity contribution in [1.29, 1.82) is 0 Å². The van der Waals surface area contributed by atoms with E-state index in [0.717, 1.165) is 53.4 Å². The van der Waals surface area contributed by atoms with Crippen LogP contribution in [0.3, 0.4) is 0 Å². The molecule has 15 nitrogen and oxygen atoms in total. The third-order valence-electron chi connectivity index (χ3n) is 13.7. The van der Waals surface area contributed by atoms with Crippen molar-refractivity contribution in [3.8, 4) is 11.5 Å². The van der Waals surface area contributed by atoms with Crippen molar-refractivity contribution in [2.45, 2.75) is 109 Å². The number of nitrogens with zero attached hydrogens (tertiary/aromatic N) is 1. The molecule has 2 saturated heterocycles. The summed E-state index contributed by atoms with van der Waals surface area (Å²) in [6.45, 7) is 20.2. The van der Waals surface area contributed by atoms with Crippen LogP contribution >= 0.6 is 0 Å². The minimum Gasteiger partial charge on any atom is -0.506 e. The lowest BCUT2D eigenvalue weighted by Gasteiger charge is -2.46. The highest BCUT2D eigenvalue weighted by Crippen LogP contribution is 2.41. The van der Waals surface area contributed by atoms with Gasteiger partial charge < -0.3 is 54.3 Å². The van der Waals surface area contributed by atoms with Gasteiger partial charge in [-0.25, -0.2) is 9.59 Å². The Bertz CT molecular complexity index is 2670. The van der Waals surface area contributed by atoms with E-state index in [1.807, 2.05) is 93.6 Å². The topological polar surface area (TPSA) is 190 Å². The molecule has 4 atom stereocenters. The van der Waals surface area contributed by atoms with E-state index < -0.39 is 32.2 Å². The Labute approximate surface area is 424 Å². The summed E-state index contributed by atoms with van der Waals surface area (Å²) in [6, 6.07) is 30.8. The molecule has 16 heteroatoms. The van der Waals surface area contributed by atoms with E-state index in [9.17, 15) is 24.3 Å². The summed E-state index contributed by atoms with van der Waals surface area (Å²) < 4.78 is 30.7. The number of H-pyrrole nitrogens is 1. The van der Waals surface area contributed by atoms with Crippen LogP contribution in [0.2, 0.25) is 18.1 Å². The Kier molecular flexibility index (Phi) is 17.5. The first kappa shape index (κ1) is 53.6. The van der Waals surface area contributed by atoms with Crippen molar-refractivity contribution in [2.24, 2.45) is 11.8 Å². The Morgan fingerprint density at radius 2 is 1.53 bits per heavy atom. The molecule has 3 heterocycles. The number of rotatable bonds is 19. The zero-order valence-electron chi connectivity index (χ0n) is 43.0.